The molecule has 2 aromatic carbocycles. The van der Waals surface area contributed by atoms with Gasteiger partial charge in [-0.3, -0.25) is 9.69 Å². The second kappa shape index (κ2) is 8.61. The van der Waals surface area contributed by atoms with E-state index in [0.717, 1.165) is 66.1 Å². The van der Waals surface area contributed by atoms with Crippen molar-refractivity contribution in [2.24, 2.45) is 23.2 Å². The zero-order chi connectivity index (χ0) is 26.2. The predicted octanol–water partition coefficient (Wildman–Crippen LogP) is 7.63. The zero-order valence-electron chi connectivity index (χ0n) is 22.2. The third kappa shape index (κ3) is 4.05. The zero-order valence-corrected chi connectivity index (χ0v) is 23.0. The molecule has 6 heteroatoms. The van der Waals surface area contributed by atoms with Crippen LogP contribution < -0.4 is 15.5 Å². The number of benzene rings is 2. The van der Waals surface area contributed by atoms with E-state index in [4.69, 9.17) is 11.6 Å². The number of anilines is 2. The molecule has 1 aliphatic heterocycles. The monoisotopic (exact) mass is 529 g/mol. The molecule has 0 spiro atoms. The molecule has 0 aromatic heterocycles. The Morgan fingerprint density at radius 1 is 0.947 bits per heavy atom. The number of allylic oxidation sites excluding steroid dienone is 1. The number of urea groups is 1. The average molecular weight is 530 g/mol. The molecule has 1 heterocycles. The van der Waals surface area contributed by atoms with Gasteiger partial charge in [-0.15, -0.1) is 0 Å². The smallest absolute Gasteiger partial charge is 0.323 e. The van der Waals surface area contributed by atoms with Crippen molar-refractivity contribution in [2.45, 2.75) is 76.8 Å². The van der Waals surface area contributed by atoms with Gasteiger partial charge in [-0.25, -0.2) is 4.79 Å². The maximum atomic E-state index is 14.6. The van der Waals surface area contributed by atoms with E-state index in [1.807, 2.05) is 53.4 Å². The summed E-state index contributed by atoms with van der Waals surface area (Å²) < 4.78 is 0. The molecule has 198 valence electrons. The van der Waals surface area contributed by atoms with Gasteiger partial charge in [0.2, 0.25) is 0 Å². The topological polar surface area (TPSA) is 61.4 Å². The highest BCUT2D eigenvalue weighted by Gasteiger charge is 2.53. The Balaban J connectivity index is 1.36. The molecule has 0 radical (unpaired) electrons. The summed E-state index contributed by atoms with van der Waals surface area (Å²) in [5, 5.41) is 7.85. The number of carbonyl (C=O) groups is 2. The number of fused-ring (bicyclic) bond motifs is 1. The minimum Gasteiger partial charge on any atom is -0.357 e. The number of para-hydroxylation sites is 2. The number of amides is 2. The second-order valence-corrected chi connectivity index (χ2v) is 13.9. The van der Waals surface area contributed by atoms with Gasteiger partial charge in [-0.05, 0) is 97.9 Å². The van der Waals surface area contributed by atoms with Crippen LogP contribution >= 0.6 is 11.6 Å². The van der Waals surface area contributed by atoms with Crippen LogP contribution in [-0.2, 0) is 4.79 Å². The lowest BCUT2D eigenvalue weighted by Crippen LogP contribution is -2.62. The van der Waals surface area contributed by atoms with Crippen molar-refractivity contribution in [1.29, 1.82) is 0 Å². The fraction of sp³-hybridized carbons (Fsp3) is 0.500. The lowest BCUT2D eigenvalue weighted by atomic mass is 9.53. The Hall–Kier alpha value is -2.79. The van der Waals surface area contributed by atoms with E-state index < -0.39 is 6.04 Å². The lowest BCUT2D eigenvalue weighted by molar-refractivity contribution is -0.118. The first-order valence-corrected chi connectivity index (χ1v) is 14.6. The van der Waals surface area contributed by atoms with Crippen LogP contribution in [0.2, 0.25) is 5.02 Å². The van der Waals surface area contributed by atoms with Crippen molar-refractivity contribution in [3.05, 3.63) is 70.4 Å². The Labute approximate surface area is 230 Å². The van der Waals surface area contributed by atoms with Crippen LogP contribution in [0.4, 0.5) is 16.2 Å². The Bertz CT molecular complexity index is 1310. The van der Waals surface area contributed by atoms with E-state index in [0.29, 0.717) is 17.0 Å². The second-order valence-electron chi connectivity index (χ2n) is 13.4. The molecule has 38 heavy (non-hydrogen) atoms. The molecular weight excluding hydrogens is 494 g/mol. The molecule has 2 amide bonds. The van der Waals surface area contributed by atoms with Gasteiger partial charge in [0.15, 0.2) is 5.78 Å². The predicted molar refractivity (Wildman–Crippen MR) is 151 cm³/mol. The highest BCUT2D eigenvalue weighted by atomic mass is 35.5. The summed E-state index contributed by atoms with van der Waals surface area (Å²) in [4.78, 5) is 30.3. The first-order valence-electron chi connectivity index (χ1n) is 14.2. The largest absolute Gasteiger partial charge is 0.357 e. The van der Waals surface area contributed by atoms with Crippen molar-refractivity contribution < 1.29 is 9.59 Å². The van der Waals surface area contributed by atoms with E-state index in [1.165, 1.54) is 19.3 Å². The third-order valence-electron chi connectivity index (χ3n) is 9.72. The quantitative estimate of drug-likeness (QED) is 0.420. The van der Waals surface area contributed by atoms with E-state index in [2.05, 4.69) is 24.5 Å². The van der Waals surface area contributed by atoms with Crippen molar-refractivity contribution in [1.82, 2.24) is 5.32 Å². The number of nitrogens with zero attached hydrogens (tertiary/aromatic N) is 1. The molecular formula is C32H36ClN3O2. The minimum atomic E-state index is -0.532. The lowest BCUT2D eigenvalue weighted by Gasteiger charge is -2.57. The summed E-state index contributed by atoms with van der Waals surface area (Å²) in [6, 6.07) is 15.0. The van der Waals surface area contributed by atoms with Gasteiger partial charge in [-0.1, -0.05) is 49.7 Å². The van der Waals surface area contributed by atoms with Crippen LogP contribution in [0.15, 0.2) is 59.8 Å². The Morgan fingerprint density at radius 2 is 1.58 bits per heavy atom. The normalized spacial score (nSPS) is 32.8. The molecule has 8 rings (SSSR count). The van der Waals surface area contributed by atoms with Crippen LogP contribution in [0.3, 0.4) is 0 Å². The number of hydrogen-bond acceptors (Lipinski definition) is 3. The first-order chi connectivity index (χ1) is 18.2. The molecule has 4 bridgehead atoms. The van der Waals surface area contributed by atoms with E-state index in [1.54, 1.807) is 0 Å². The molecule has 6 aliphatic rings. The van der Waals surface area contributed by atoms with E-state index in [9.17, 15) is 9.59 Å². The fourth-order valence-electron chi connectivity index (χ4n) is 8.72. The molecule has 4 fully saturated rings. The maximum Gasteiger partial charge on any atom is 0.323 e. The van der Waals surface area contributed by atoms with Crippen LogP contribution in [-0.4, -0.2) is 17.4 Å². The van der Waals surface area contributed by atoms with Gasteiger partial charge in [0.1, 0.15) is 0 Å². The van der Waals surface area contributed by atoms with Gasteiger partial charge in [0, 0.05) is 28.3 Å². The number of Topliss-reactive ketones (excluding diaryl/α,β-unsaturated/α-hetero) is 1. The summed E-state index contributed by atoms with van der Waals surface area (Å²) in [6.07, 6.45) is 8.38. The molecule has 0 saturated heterocycles. The molecule has 1 atom stereocenters. The standard InChI is InChI=1S/C32H36ClN3O2/c1-31(2)17-25-28(27(37)18-31)29(22-7-9-23(33)10-8-22)36(26-6-4-3-5-24(26)34-25)30(38)35-32-14-19-11-20(15-32)13-21(12-19)16-32/h3-10,19-21,29,34H,11-18H2,1-2H3,(H,35,38)/t19?,20?,21?,29-,32?/m1/s1. The number of rotatable bonds is 2. The van der Waals surface area contributed by atoms with Gasteiger partial charge in [0.05, 0.1) is 17.4 Å². The molecule has 5 aliphatic carbocycles. The summed E-state index contributed by atoms with van der Waals surface area (Å²) in [6.45, 7) is 4.28. The first kappa shape index (κ1) is 24.3. The highest BCUT2D eigenvalue weighted by molar-refractivity contribution is 6.30. The number of carbonyl (C=O) groups excluding carboxylic acids is 2. The van der Waals surface area contributed by atoms with Crippen molar-refractivity contribution in [3.63, 3.8) is 0 Å². The van der Waals surface area contributed by atoms with Crippen molar-refractivity contribution >= 4 is 34.8 Å². The number of halogens is 1. The Kier molecular flexibility index (Phi) is 5.50. The number of nitrogens with one attached hydrogen (secondary N) is 2. The van der Waals surface area contributed by atoms with Crippen LogP contribution in [0.1, 0.15) is 76.8 Å². The van der Waals surface area contributed by atoms with Gasteiger partial charge in [0.25, 0.3) is 0 Å². The maximum absolute atomic E-state index is 14.6. The summed E-state index contributed by atoms with van der Waals surface area (Å²) in [5.74, 6) is 2.28. The van der Waals surface area contributed by atoms with Crippen LogP contribution in [0.25, 0.3) is 0 Å². The van der Waals surface area contributed by atoms with Crippen molar-refractivity contribution in [2.75, 3.05) is 10.2 Å². The van der Waals surface area contributed by atoms with Crippen LogP contribution in [0.5, 0.6) is 0 Å². The van der Waals surface area contributed by atoms with Gasteiger partial charge in [-0.2, -0.15) is 0 Å². The summed E-state index contributed by atoms with van der Waals surface area (Å²) >= 11 is 6.29. The minimum absolute atomic E-state index is 0.101. The van der Waals surface area contributed by atoms with Crippen LogP contribution in [0, 0.1) is 23.2 Å². The van der Waals surface area contributed by atoms with Gasteiger partial charge >= 0.3 is 6.03 Å². The van der Waals surface area contributed by atoms with Gasteiger partial charge < -0.3 is 10.6 Å². The average Bonchev–Trinajstić information content (AvgIpc) is 2.97. The number of ketones is 1. The fourth-order valence-corrected chi connectivity index (χ4v) is 8.85. The molecule has 4 saturated carbocycles. The molecule has 2 N–H and O–H groups in total. The Morgan fingerprint density at radius 3 is 2.24 bits per heavy atom. The summed E-state index contributed by atoms with van der Waals surface area (Å²) in [7, 11) is 0. The molecule has 5 nitrogen and oxygen atoms in total. The highest BCUT2D eigenvalue weighted by Crippen LogP contribution is 2.56. The third-order valence-corrected chi connectivity index (χ3v) is 9.97. The summed E-state index contributed by atoms with van der Waals surface area (Å²) in [5.41, 5.74) is 3.89. The molecule has 2 aromatic rings. The van der Waals surface area contributed by atoms with Crippen molar-refractivity contribution in [3.8, 4) is 0 Å². The molecule has 0 unspecified atom stereocenters. The van der Waals surface area contributed by atoms with E-state index in [-0.39, 0.29) is 22.8 Å². The van der Waals surface area contributed by atoms with E-state index >= 15 is 0 Å². The SMILES string of the molecule is CC1(C)CC(=O)C2=C(C1)Nc1ccccc1N(C(=O)NC13CC4CC(CC(C4)C1)C3)[C@@H]2c1ccc(Cl)cc1. The number of hydrogen-bond donors (Lipinski definition) is 2.